The van der Waals surface area contributed by atoms with Crippen molar-refractivity contribution in [2.24, 2.45) is 0 Å². The van der Waals surface area contributed by atoms with Crippen molar-refractivity contribution < 1.29 is 9.53 Å². The molecule has 1 amide bonds. The number of ether oxygens (including phenoxy) is 1. The molecular weight excluding hydrogens is 368 g/mol. The number of benzene rings is 2. The van der Waals surface area contributed by atoms with Crippen LogP contribution < -0.4 is 15.4 Å². The van der Waals surface area contributed by atoms with Crippen LogP contribution in [0, 0.1) is 6.92 Å². The Bertz CT molecular complexity index is 689. The first-order chi connectivity index (χ1) is 11.6. The van der Waals surface area contributed by atoms with Crippen LogP contribution in [0.1, 0.15) is 17.5 Å². The molecular formula is C19H23BrN2O2. The molecule has 0 bridgehead atoms. The molecule has 2 aromatic rings. The van der Waals surface area contributed by atoms with E-state index >= 15 is 0 Å². The molecule has 5 heteroatoms. The number of hydrogen-bond acceptors (Lipinski definition) is 3. The minimum atomic E-state index is 0.0225. The van der Waals surface area contributed by atoms with Crippen molar-refractivity contribution in [1.82, 2.24) is 5.32 Å². The summed E-state index contributed by atoms with van der Waals surface area (Å²) in [5.41, 5.74) is 3.13. The average Bonchev–Trinajstić information content (AvgIpc) is 2.57. The van der Waals surface area contributed by atoms with Gasteiger partial charge >= 0.3 is 0 Å². The quantitative estimate of drug-likeness (QED) is 0.671. The van der Waals surface area contributed by atoms with Crippen molar-refractivity contribution in [3.05, 3.63) is 58.1 Å². The van der Waals surface area contributed by atoms with Gasteiger partial charge in [-0.15, -0.1) is 0 Å². The van der Waals surface area contributed by atoms with Crippen molar-refractivity contribution in [1.29, 1.82) is 0 Å². The predicted molar refractivity (Wildman–Crippen MR) is 102 cm³/mol. The molecule has 4 nitrogen and oxygen atoms in total. The summed E-state index contributed by atoms with van der Waals surface area (Å²) < 4.78 is 6.22. The normalized spacial score (nSPS) is 10.5. The summed E-state index contributed by atoms with van der Waals surface area (Å²) in [5.74, 6) is 0.894. The highest BCUT2D eigenvalue weighted by Crippen LogP contribution is 2.20. The smallest absolute Gasteiger partial charge is 0.225 e. The topological polar surface area (TPSA) is 50.4 Å². The maximum Gasteiger partial charge on any atom is 0.225 e. The summed E-state index contributed by atoms with van der Waals surface area (Å²) >= 11 is 3.42. The van der Waals surface area contributed by atoms with E-state index in [-0.39, 0.29) is 5.91 Å². The number of amides is 1. The third-order valence-corrected chi connectivity index (χ3v) is 4.21. The van der Waals surface area contributed by atoms with Gasteiger partial charge in [0.25, 0.3) is 0 Å². The van der Waals surface area contributed by atoms with Gasteiger partial charge in [-0.1, -0.05) is 28.1 Å². The van der Waals surface area contributed by atoms with Gasteiger partial charge in [-0.3, -0.25) is 4.79 Å². The molecule has 2 rings (SSSR count). The Kier molecular flexibility index (Phi) is 7.28. The van der Waals surface area contributed by atoms with E-state index < -0.39 is 0 Å². The maximum absolute atomic E-state index is 12.0. The third-order valence-electron chi connectivity index (χ3n) is 3.72. The summed E-state index contributed by atoms with van der Waals surface area (Å²) in [6.45, 7) is 3.47. The first-order valence-electron chi connectivity index (χ1n) is 7.98. The molecule has 0 saturated carbocycles. The van der Waals surface area contributed by atoms with Crippen LogP contribution >= 0.6 is 15.9 Å². The van der Waals surface area contributed by atoms with Gasteiger partial charge in [0.05, 0.1) is 7.11 Å². The lowest BCUT2D eigenvalue weighted by Crippen LogP contribution is -2.23. The fourth-order valence-corrected chi connectivity index (χ4v) is 2.84. The lowest BCUT2D eigenvalue weighted by molar-refractivity contribution is -0.116. The average molecular weight is 391 g/mol. The van der Waals surface area contributed by atoms with E-state index in [1.54, 1.807) is 7.11 Å². The van der Waals surface area contributed by atoms with Crippen LogP contribution in [-0.4, -0.2) is 26.1 Å². The van der Waals surface area contributed by atoms with E-state index in [4.69, 9.17) is 4.74 Å². The summed E-state index contributed by atoms with van der Waals surface area (Å²) in [6, 6.07) is 13.9. The molecule has 2 aromatic carbocycles. The van der Waals surface area contributed by atoms with Crippen molar-refractivity contribution in [3.63, 3.8) is 0 Å². The summed E-state index contributed by atoms with van der Waals surface area (Å²) in [6.07, 6.45) is 1.36. The van der Waals surface area contributed by atoms with Crippen molar-refractivity contribution in [2.45, 2.75) is 19.8 Å². The van der Waals surface area contributed by atoms with Gasteiger partial charge in [-0.25, -0.2) is 0 Å². The molecule has 0 aliphatic rings. The number of anilines is 1. The summed E-state index contributed by atoms with van der Waals surface area (Å²) in [4.78, 5) is 12.0. The Hall–Kier alpha value is -1.85. The Morgan fingerprint density at radius 1 is 1.17 bits per heavy atom. The monoisotopic (exact) mass is 390 g/mol. The fourth-order valence-electron chi connectivity index (χ4n) is 2.37. The highest BCUT2D eigenvalue weighted by Gasteiger charge is 2.05. The van der Waals surface area contributed by atoms with Crippen LogP contribution in [0.4, 0.5) is 5.69 Å². The van der Waals surface area contributed by atoms with E-state index in [0.29, 0.717) is 13.0 Å². The van der Waals surface area contributed by atoms with E-state index in [1.807, 2.05) is 43.3 Å². The van der Waals surface area contributed by atoms with Gasteiger partial charge in [0.15, 0.2) is 0 Å². The zero-order valence-electron chi connectivity index (χ0n) is 14.1. The van der Waals surface area contributed by atoms with Crippen LogP contribution in [0.2, 0.25) is 0 Å². The summed E-state index contributed by atoms with van der Waals surface area (Å²) in [5, 5.41) is 6.25. The second kappa shape index (κ2) is 9.45. The first kappa shape index (κ1) is 18.5. The Balaban J connectivity index is 1.67. The minimum Gasteiger partial charge on any atom is -0.497 e. The molecule has 24 heavy (non-hydrogen) atoms. The lowest BCUT2D eigenvalue weighted by Gasteiger charge is -2.09. The zero-order chi connectivity index (χ0) is 17.4. The Labute approximate surface area is 151 Å². The number of hydrogen-bond donors (Lipinski definition) is 2. The number of methoxy groups -OCH3 is 1. The number of halogens is 1. The highest BCUT2D eigenvalue weighted by molar-refractivity contribution is 9.10. The zero-order valence-corrected chi connectivity index (χ0v) is 15.7. The number of carbonyl (C=O) groups excluding carboxylic acids is 1. The minimum absolute atomic E-state index is 0.0225. The molecule has 0 aromatic heterocycles. The molecule has 0 heterocycles. The standard InChI is InChI=1S/C19H23BrN2O2/c1-14-12-16(20)6-7-18(14)22-19(23)9-11-21-10-8-15-4-3-5-17(13-15)24-2/h3-7,12-13,21H,8-11H2,1-2H3,(H,22,23). The van der Waals surface area contributed by atoms with Crippen molar-refractivity contribution in [3.8, 4) is 5.75 Å². The van der Waals surface area contributed by atoms with Crippen LogP contribution in [0.25, 0.3) is 0 Å². The van der Waals surface area contributed by atoms with E-state index in [0.717, 1.165) is 34.4 Å². The van der Waals surface area contributed by atoms with Crippen LogP contribution in [0.5, 0.6) is 5.75 Å². The first-order valence-corrected chi connectivity index (χ1v) is 8.77. The van der Waals surface area contributed by atoms with Gasteiger partial charge in [0.1, 0.15) is 5.75 Å². The third kappa shape index (κ3) is 5.98. The number of rotatable bonds is 8. The number of aryl methyl sites for hydroxylation is 1. The predicted octanol–water partition coefficient (Wildman–Crippen LogP) is 3.93. The van der Waals surface area contributed by atoms with Crippen molar-refractivity contribution >= 4 is 27.5 Å². The van der Waals surface area contributed by atoms with Crippen LogP contribution in [-0.2, 0) is 11.2 Å². The largest absolute Gasteiger partial charge is 0.497 e. The Morgan fingerprint density at radius 2 is 2.00 bits per heavy atom. The molecule has 0 atom stereocenters. The molecule has 128 valence electrons. The molecule has 0 aliphatic carbocycles. The lowest BCUT2D eigenvalue weighted by atomic mass is 10.1. The second-order valence-corrected chi connectivity index (χ2v) is 6.52. The SMILES string of the molecule is COc1cccc(CCNCCC(=O)Nc2ccc(Br)cc2C)c1. The summed E-state index contributed by atoms with van der Waals surface area (Å²) in [7, 11) is 1.67. The fraction of sp³-hybridized carbons (Fsp3) is 0.316. The highest BCUT2D eigenvalue weighted by atomic mass is 79.9. The molecule has 0 unspecified atom stereocenters. The molecule has 2 N–H and O–H groups in total. The number of nitrogens with one attached hydrogen (secondary N) is 2. The van der Waals surface area contributed by atoms with Crippen LogP contribution in [0.15, 0.2) is 46.9 Å². The molecule has 0 fully saturated rings. The van der Waals surface area contributed by atoms with Gasteiger partial charge in [-0.05, 0) is 61.3 Å². The molecule has 0 aliphatic heterocycles. The second-order valence-electron chi connectivity index (χ2n) is 5.61. The van der Waals surface area contributed by atoms with Gasteiger partial charge < -0.3 is 15.4 Å². The number of carbonyl (C=O) groups is 1. The molecule has 0 radical (unpaired) electrons. The molecule has 0 saturated heterocycles. The van der Waals surface area contributed by atoms with E-state index in [9.17, 15) is 4.79 Å². The van der Waals surface area contributed by atoms with E-state index in [1.165, 1.54) is 5.56 Å². The van der Waals surface area contributed by atoms with Crippen LogP contribution in [0.3, 0.4) is 0 Å². The van der Waals surface area contributed by atoms with Gasteiger partial charge in [0.2, 0.25) is 5.91 Å². The van der Waals surface area contributed by atoms with Gasteiger partial charge in [-0.2, -0.15) is 0 Å². The van der Waals surface area contributed by atoms with Crippen molar-refractivity contribution in [2.75, 3.05) is 25.5 Å². The maximum atomic E-state index is 12.0. The van der Waals surface area contributed by atoms with E-state index in [2.05, 4.69) is 32.6 Å². The molecule has 0 spiro atoms. The van der Waals surface area contributed by atoms with Gasteiger partial charge in [0, 0.05) is 23.1 Å². The Morgan fingerprint density at radius 3 is 2.75 bits per heavy atom.